The third-order valence-corrected chi connectivity index (χ3v) is 2.13. The van der Waals surface area contributed by atoms with Gasteiger partial charge in [-0.1, -0.05) is 0 Å². The second-order valence-electron chi connectivity index (χ2n) is 4.11. The van der Waals surface area contributed by atoms with Crippen LogP contribution in [0.3, 0.4) is 0 Å². The van der Waals surface area contributed by atoms with Crippen LogP contribution in [0.4, 0.5) is 0 Å². The van der Waals surface area contributed by atoms with E-state index in [1.54, 1.807) is 31.2 Å². The quantitative estimate of drug-likeness (QED) is 0.792. The molecule has 0 aliphatic carbocycles. The number of hydrogen-bond acceptors (Lipinski definition) is 3. The smallest absolute Gasteiger partial charge is 0.260 e. The molecule has 0 aliphatic rings. The van der Waals surface area contributed by atoms with Gasteiger partial charge in [-0.25, -0.2) is 0 Å². The monoisotopic (exact) mass is 235 g/mol. The van der Waals surface area contributed by atoms with Crippen molar-refractivity contribution in [2.75, 3.05) is 0 Å². The number of benzene rings is 1. The first kappa shape index (κ1) is 13.2. The Morgan fingerprint density at radius 3 is 2.29 bits per heavy atom. The van der Waals surface area contributed by atoms with Crippen molar-refractivity contribution >= 4 is 12.2 Å². The Bertz CT molecular complexity index is 384. The van der Waals surface area contributed by atoms with E-state index < -0.39 is 6.10 Å². The molecule has 0 radical (unpaired) electrons. The molecule has 0 fully saturated rings. The van der Waals surface area contributed by atoms with Crippen molar-refractivity contribution in [3.63, 3.8) is 0 Å². The van der Waals surface area contributed by atoms with Gasteiger partial charge in [-0.3, -0.25) is 9.59 Å². The molecule has 0 heterocycles. The van der Waals surface area contributed by atoms with Crippen LogP contribution in [0.1, 0.15) is 31.1 Å². The predicted molar refractivity (Wildman–Crippen MR) is 65.2 cm³/mol. The molecule has 4 nitrogen and oxygen atoms in total. The van der Waals surface area contributed by atoms with Gasteiger partial charge in [-0.2, -0.15) is 0 Å². The first-order valence-electron chi connectivity index (χ1n) is 5.55. The maximum atomic E-state index is 11.6. The van der Waals surface area contributed by atoms with Crippen molar-refractivity contribution in [2.45, 2.75) is 32.9 Å². The van der Waals surface area contributed by atoms with Gasteiger partial charge >= 0.3 is 0 Å². The summed E-state index contributed by atoms with van der Waals surface area (Å²) < 4.78 is 5.45. The number of carbonyl (C=O) groups excluding carboxylic acids is 2. The van der Waals surface area contributed by atoms with E-state index in [0.29, 0.717) is 11.3 Å². The highest BCUT2D eigenvalue weighted by molar-refractivity contribution is 5.81. The summed E-state index contributed by atoms with van der Waals surface area (Å²) >= 11 is 0. The molecule has 1 rings (SSSR count). The number of carbonyl (C=O) groups is 2. The van der Waals surface area contributed by atoms with Gasteiger partial charge in [-0.05, 0) is 45.0 Å². The minimum absolute atomic E-state index is 0.0889. The van der Waals surface area contributed by atoms with Gasteiger partial charge in [0.25, 0.3) is 5.91 Å². The van der Waals surface area contributed by atoms with Crippen LogP contribution in [0, 0.1) is 0 Å². The van der Waals surface area contributed by atoms with E-state index in [0.717, 1.165) is 6.29 Å². The SMILES string of the molecule is CC(C)NC(=O)C(C)Oc1ccc(C=O)cc1. The highest BCUT2D eigenvalue weighted by Gasteiger charge is 2.14. The lowest BCUT2D eigenvalue weighted by molar-refractivity contribution is -0.127. The number of hydrogen-bond donors (Lipinski definition) is 1. The number of nitrogens with one attached hydrogen (secondary N) is 1. The molecule has 1 aromatic rings. The predicted octanol–water partition coefficient (Wildman–Crippen LogP) is 1.79. The largest absolute Gasteiger partial charge is 0.481 e. The zero-order valence-electron chi connectivity index (χ0n) is 10.3. The molecule has 1 atom stereocenters. The minimum atomic E-state index is -0.556. The second kappa shape index (κ2) is 6.03. The average Bonchev–Trinajstić information content (AvgIpc) is 2.29. The fraction of sp³-hybridized carbons (Fsp3) is 0.385. The lowest BCUT2D eigenvalue weighted by Crippen LogP contribution is -2.40. The van der Waals surface area contributed by atoms with Crippen molar-refractivity contribution < 1.29 is 14.3 Å². The molecule has 1 unspecified atom stereocenters. The Balaban J connectivity index is 2.57. The van der Waals surface area contributed by atoms with E-state index >= 15 is 0 Å². The third-order valence-electron chi connectivity index (χ3n) is 2.13. The lowest BCUT2D eigenvalue weighted by Gasteiger charge is -2.16. The molecular formula is C13H17NO3. The Hall–Kier alpha value is -1.84. The molecule has 0 aliphatic heterocycles. The molecule has 1 amide bonds. The van der Waals surface area contributed by atoms with Crippen molar-refractivity contribution in [3.05, 3.63) is 29.8 Å². The first-order valence-corrected chi connectivity index (χ1v) is 5.55. The van der Waals surface area contributed by atoms with Crippen LogP contribution in [0.2, 0.25) is 0 Å². The molecule has 0 bridgehead atoms. The van der Waals surface area contributed by atoms with E-state index in [4.69, 9.17) is 4.74 Å². The van der Waals surface area contributed by atoms with E-state index in [1.165, 1.54) is 0 Å². The van der Waals surface area contributed by atoms with Crippen LogP contribution in [0.5, 0.6) is 5.75 Å². The highest BCUT2D eigenvalue weighted by atomic mass is 16.5. The van der Waals surface area contributed by atoms with E-state index in [9.17, 15) is 9.59 Å². The Morgan fingerprint density at radius 2 is 1.82 bits per heavy atom. The van der Waals surface area contributed by atoms with Gasteiger partial charge in [0, 0.05) is 11.6 Å². The molecule has 0 saturated heterocycles. The van der Waals surface area contributed by atoms with Gasteiger partial charge in [-0.15, -0.1) is 0 Å². The van der Waals surface area contributed by atoms with Crippen molar-refractivity contribution in [1.82, 2.24) is 5.32 Å². The number of aldehydes is 1. The molecular weight excluding hydrogens is 218 g/mol. The summed E-state index contributed by atoms with van der Waals surface area (Å²) in [5.41, 5.74) is 0.580. The highest BCUT2D eigenvalue weighted by Crippen LogP contribution is 2.13. The van der Waals surface area contributed by atoms with Crippen LogP contribution in [0.25, 0.3) is 0 Å². The van der Waals surface area contributed by atoms with Crippen LogP contribution < -0.4 is 10.1 Å². The average molecular weight is 235 g/mol. The Morgan fingerprint density at radius 1 is 1.24 bits per heavy atom. The van der Waals surface area contributed by atoms with E-state index in [-0.39, 0.29) is 11.9 Å². The molecule has 0 aromatic heterocycles. The summed E-state index contributed by atoms with van der Waals surface area (Å²) in [5, 5.41) is 2.77. The topological polar surface area (TPSA) is 55.4 Å². The van der Waals surface area contributed by atoms with Gasteiger partial charge in [0.05, 0.1) is 0 Å². The molecule has 4 heteroatoms. The maximum Gasteiger partial charge on any atom is 0.260 e. The first-order chi connectivity index (χ1) is 8.02. The summed E-state index contributed by atoms with van der Waals surface area (Å²) in [6.45, 7) is 5.47. The zero-order chi connectivity index (χ0) is 12.8. The number of ether oxygens (including phenoxy) is 1. The van der Waals surface area contributed by atoms with Crippen molar-refractivity contribution in [3.8, 4) is 5.75 Å². The fourth-order valence-electron chi connectivity index (χ4n) is 1.28. The van der Waals surface area contributed by atoms with Crippen LogP contribution in [-0.4, -0.2) is 24.3 Å². The summed E-state index contributed by atoms with van der Waals surface area (Å²) in [4.78, 5) is 22.1. The lowest BCUT2D eigenvalue weighted by atomic mass is 10.2. The molecule has 92 valence electrons. The summed E-state index contributed by atoms with van der Waals surface area (Å²) in [7, 11) is 0. The second-order valence-corrected chi connectivity index (χ2v) is 4.11. The fourth-order valence-corrected chi connectivity index (χ4v) is 1.28. The number of amides is 1. The van der Waals surface area contributed by atoms with Gasteiger partial charge in [0.15, 0.2) is 6.10 Å². The van der Waals surface area contributed by atoms with Crippen LogP contribution in [-0.2, 0) is 4.79 Å². The van der Waals surface area contributed by atoms with Crippen molar-refractivity contribution in [1.29, 1.82) is 0 Å². The molecule has 0 saturated carbocycles. The Kier molecular flexibility index (Phi) is 4.69. The van der Waals surface area contributed by atoms with E-state index in [1.807, 2.05) is 13.8 Å². The number of rotatable bonds is 5. The van der Waals surface area contributed by atoms with Crippen LogP contribution in [0.15, 0.2) is 24.3 Å². The van der Waals surface area contributed by atoms with Gasteiger partial charge in [0.2, 0.25) is 0 Å². The van der Waals surface area contributed by atoms with Gasteiger partial charge < -0.3 is 10.1 Å². The summed E-state index contributed by atoms with van der Waals surface area (Å²) in [5.74, 6) is 0.418. The Labute approximate surface area is 101 Å². The van der Waals surface area contributed by atoms with Crippen LogP contribution >= 0.6 is 0 Å². The minimum Gasteiger partial charge on any atom is -0.481 e. The normalized spacial score (nSPS) is 12.0. The maximum absolute atomic E-state index is 11.6. The van der Waals surface area contributed by atoms with Gasteiger partial charge in [0.1, 0.15) is 12.0 Å². The molecule has 1 aromatic carbocycles. The summed E-state index contributed by atoms with van der Waals surface area (Å²) in [6, 6.07) is 6.72. The van der Waals surface area contributed by atoms with E-state index in [2.05, 4.69) is 5.32 Å². The molecule has 0 spiro atoms. The standard InChI is InChI=1S/C13H17NO3/c1-9(2)14-13(16)10(3)17-12-6-4-11(8-15)5-7-12/h4-10H,1-3H3,(H,14,16). The van der Waals surface area contributed by atoms with Crippen molar-refractivity contribution in [2.24, 2.45) is 0 Å². The third kappa shape index (κ3) is 4.26. The molecule has 1 N–H and O–H groups in total. The summed E-state index contributed by atoms with van der Waals surface area (Å²) in [6.07, 6.45) is 0.207. The zero-order valence-corrected chi connectivity index (χ0v) is 10.3. The molecule has 17 heavy (non-hydrogen) atoms.